The van der Waals surface area contributed by atoms with Crippen LogP contribution in [-0.2, 0) is 20.7 Å². The summed E-state index contributed by atoms with van der Waals surface area (Å²) in [7, 11) is -4.09. The van der Waals surface area contributed by atoms with E-state index in [1.165, 1.54) is 0 Å². The molecule has 0 fully saturated rings. The molecule has 0 heterocycles. The highest BCUT2D eigenvalue weighted by Gasteiger charge is 2.35. The van der Waals surface area contributed by atoms with Gasteiger partial charge in [0, 0.05) is 5.39 Å². The highest BCUT2D eigenvalue weighted by atomic mass is 127. The summed E-state index contributed by atoms with van der Waals surface area (Å²) in [6.07, 6.45) is 0. The van der Waals surface area contributed by atoms with Gasteiger partial charge in [0.1, 0.15) is 18.4 Å². The molecular weight excluding hydrogens is 691 g/mol. The van der Waals surface area contributed by atoms with Gasteiger partial charge in [-0.2, -0.15) is 5.09 Å². The zero-order valence-corrected chi connectivity index (χ0v) is 23.9. The van der Waals surface area contributed by atoms with Crippen LogP contribution in [0.1, 0.15) is 12.5 Å². The van der Waals surface area contributed by atoms with Crippen molar-refractivity contribution in [3.63, 3.8) is 0 Å². The van der Waals surface area contributed by atoms with E-state index in [2.05, 4.69) is 50.3 Å². The Labute approximate surface area is 231 Å². The third kappa shape index (κ3) is 6.75. The van der Waals surface area contributed by atoms with Gasteiger partial charge in [0.05, 0.1) is 7.14 Å². The maximum Gasteiger partial charge on any atom is 0.513 e. The number of hydrogen-bond acceptors (Lipinski definition) is 5. The summed E-state index contributed by atoms with van der Waals surface area (Å²) in [6, 6.07) is 27.0. The van der Waals surface area contributed by atoms with Gasteiger partial charge in [-0.15, -0.1) is 0 Å². The lowest BCUT2D eigenvalue weighted by atomic mass is 10.1. The van der Waals surface area contributed by atoms with Crippen LogP contribution in [0.25, 0.3) is 10.8 Å². The van der Waals surface area contributed by atoms with Crippen molar-refractivity contribution in [3.8, 4) is 11.5 Å². The lowest BCUT2D eigenvalue weighted by molar-refractivity contribution is -0.146. The van der Waals surface area contributed by atoms with E-state index in [0.717, 1.165) is 23.5 Å². The molecule has 0 amide bonds. The van der Waals surface area contributed by atoms with Crippen molar-refractivity contribution in [2.45, 2.75) is 19.6 Å². The van der Waals surface area contributed by atoms with Gasteiger partial charge in [-0.05, 0) is 81.3 Å². The fourth-order valence-electron chi connectivity index (χ4n) is 3.31. The first-order valence-electron chi connectivity index (χ1n) is 10.7. The van der Waals surface area contributed by atoms with Gasteiger partial charge in [-0.3, -0.25) is 4.79 Å². The first kappa shape index (κ1) is 25.9. The third-order valence-corrected chi connectivity index (χ3v) is 8.29. The molecule has 0 aliphatic carbocycles. The Bertz CT molecular complexity index is 1360. The minimum atomic E-state index is -4.09. The molecule has 0 spiro atoms. The number of para-hydroxylation sites is 1. The fourth-order valence-corrected chi connectivity index (χ4v) is 6.97. The number of carbonyl (C=O) groups is 1. The van der Waals surface area contributed by atoms with E-state index in [1.54, 1.807) is 13.0 Å². The van der Waals surface area contributed by atoms with Crippen molar-refractivity contribution in [2.24, 2.45) is 0 Å². The normalized spacial score (nSPS) is 13.6. The molecule has 180 valence electrons. The lowest BCUT2D eigenvalue weighted by Gasteiger charge is -2.24. The van der Waals surface area contributed by atoms with Gasteiger partial charge in [0.25, 0.3) is 0 Å². The summed E-state index contributed by atoms with van der Waals surface area (Å²) in [5, 5.41) is 4.48. The molecule has 0 aliphatic heterocycles. The largest absolute Gasteiger partial charge is 0.513 e. The van der Waals surface area contributed by atoms with Crippen molar-refractivity contribution in [1.82, 2.24) is 5.09 Å². The second-order valence-electron chi connectivity index (χ2n) is 7.65. The Morgan fingerprint density at radius 1 is 0.857 bits per heavy atom. The second kappa shape index (κ2) is 11.7. The molecule has 35 heavy (non-hydrogen) atoms. The molecule has 4 rings (SSSR count). The highest BCUT2D eigenvalue weighted by Crippen LogP contribution is 2.49. The molecule has 0 bridgehead atoms. The van der Waals surface area contributed by atoms with Gasteiger partial charge in [0.2, 0.25) is 0 Å². The van der Waals surface area contributed by atoms with Gasteiger partial charge < -0.3 is 13.8 Å². The van der Waals surface area contributed by atoms with E-state index in [9.17, 15) is 9.36 Å². The van der Waals surface area contributed by atoms with Crippen LogP contribution in [0.5, 0.6) is 11.5 Å². The number of benzene rings is 4. The summed E-state index contributed by atoms with van der Waals surface area (Å²) >= 11 is 4.22. The summed E-state index contributed by atoms with van der Waals surface area (Å²) in [4.78, 5) is 12.7. The molecule has 4 aromatic rings. The van der Waals surface area contributed by atoms with Crippen molar-refractivity contribution in [2.75, 3.05) is 0 Å². The standard InChI is InChI=1S/C26H22I2NO5P/c1-18(26(30)32-17-19-9-3-2-4-10-19)29-35(31,34-25-22(27)14-8-15-23(25)28)33-24-16-7-12-20-11-5-6-13-21(20)24/h2-16,18H,17H2,1H3,(H,29,31)/t18-,35?/m0/s1. The van der Waals surface area contributed by atoms with Gasteiger partial charge in [-0.1, -0.05) is 72.8 Å². The maximum atomic E-state index is 14.1. The second-order valence-corrected chi connectivity index (χ2v) is 11.6. The monoisotopic (exact) mass is 713 g/mol. The van der Waals surface area contributed by atoms with Crippen LogP contribution < -0.4 is 14.1 Å². The quantitative estimate of drug-likeness (QED) is 0.111. The Balaban J connectivity index is 1.60. The van der Waals surface area contributed by atoms with Gasteiger partial charge in [0.15, 0.2) is 5.75 Å². The Hall–Kier alpha value is -2.14. The summed E-state index contributed by atoms with van der Waals surface area (Å²) < 4.78 is 33.1. The SMILES string of the molecule is C[C@H](NP(=O)(Oc1c(I)cccc1I)Oc1cccc2ccccc12)C(=O)OCc1ccccc1. The number of halogens is 2. The maximum absolute atomic E-state index is 14.1. The Morgan fingerprint density at radius 2 is 1.49 bits per heavy atom. The number of hydrogen-bond donors (Lipinski definition) is 1. The number of rotatable bonds is 9. The lowest BCUT2D eigenvalue weighted by Crippen LogP contribution is -2.35. The first-order chi connectivity index (χ1) is 16.8. The molecule has 0 radical (unpaired) electrons. The molecule has 2 atom stereocenters. The number of carbonyl (C=O) groups excluding carboxylic acids is 1. The van der Waals surface area contributed by atoms with E-state index < -0.39 is 19.8 Å². The Kier molecular flexibility index (Phi) is 8.69. The molecule has 9 heteroatoms. The average Bonchev–Trinajstić information content (AvgIpc) is 2.86. The predicted octanol–water partition coefficient (Wildman–Crippen LogP) is 7.34. The smallest absolute Gasteiger partial charge is 0.460 e. The van der Waals surface area contributed by atoms with E-state index in [4.69, 9.17) is 13.8 Å². The molecule has 0 saturated heterocycles. The van der Waals surface area contributed by atoms with Gasteiger partial charge in [-0.25, -0.2) is 4.57 Å². The van der Waals surface area contributed by atoms with E-state index >= 15 is 0 Å². The van der Waals surface area contributed by atoms with Crippen LogP contribution in [0, 0.1) is 7.14 Å². The number of nitrogens with one attached hydrogen (secondary N) is 1. The molecule has 0 aliphatic rings. The molecule has 1 N–H and O–H groups in total. The van der Waals surface area contributed by atoms with E-state index in [-0.39, 0.29) is 6.61 Å². The van der Waals surface area contributed by atoms with Gasteiger partial charge >= 0.3 is 13.7 Å². The molecule has 4 aromatic carbocycles. The highest BCUT2D eigenvalue weighted by molar-refractivity contribution is 14.1. The zero-order valence-electron chi connectivity index (χ0n) is 18.7. The summed E-state index contributed by atoms with van der Waals surface area (Å²) in [5.74, 6) is 0.219. The Morgan fingerprint density at radius 3 is 2.23 bits per heavy atom. The molecular formula is C26H22I2NO5P. The van der Waals surface area contributed by atoms with Crippen LogP contribution in [0.3, 0.4) is 0 Å². The van der Waals surface area contributed by atoms with E-state index in [1.807, 2.05) is 84.9 Å². The number of fused-ring (bicyclic) bond motifs is 1. The topological polar surface area (TPSA) is 73.9 Å². The predicted molar refractivity (Wildman–Crippen MR) is 154 cm³/mol. The van der Waals surface area contributed by atoms with Crippen LogP contribution in [0.15, 0.2) is 91.0 Å². The molecule has 6 nitrogen and oxygen atoms in total. The molecule has 1 unspecified atom stereocenters. The summed E-state index contributed by atoms with van der Waals surface area (Å²) in [6.45, 7) is 1.67. The third-order valence-electron chi connectivity index (χ3n) is 5.03. The van der Waals surface area contributed by atoms with Crippen molar-refractivity contribution in [3.05, 3.63) is 104 Å². The van der Waals surface area contributed by atoms with E-state index in [0.29, 0.717) is 11.5 Å². The number of ether oxygens (including phenoxy) is 1. The number of esters is 1. The fraction of sp³-hybridized carbons (Fsp3) is 0.115. The van der Waals surface area contributed by atoms with Crippen molar-refractivity contribution < 1.29 is 23.1 Å². The minimum absolute atomic E-state index is 0.107. The zero-order chi connectivity index (χ0) is 24.8. The summed E-state index contributed by atoms with van der Waals surface area (Å²) in [5.41, 5.74) is 0.855. The van der Waals surface area contributed by atoms with Crippen molar-refractivity contribution >= 4 is 69.7 Å². The van der Waals surface area contributed by atoms with Crippen LogP contribution in [0.4, 0.5) is 0 Å². The van der Waals surface area contributed by atoms with Crippen LogP contribution in [0.2, 0.25) is 0 Å². The van der Waals surface area contributed by atoms with Crippen LogP contribution in [-0.4, -0.2) is 12.0 Å². The molecule has 0 saturated carbocycles. The average molecular weight is 713 g/mol. The van der Waals surface area contributed by atoms with Crippen molar-refractivity contribution in [1.29, 1.82) is 0 Å². The van der Waals surface area contributed by atoms with Crippen LogP contribution >= 0.6 is 52.9 Å². The minimum Gasteiger partial charge on any atom is -0.460 e. The first-order valence-corrected chi connectivity index (χ1v) is 14.4. The molecule has 0 aromatic heterocycles.